The first-order chi connectivity index (χ1) is 10.1. The summed E-state index contributed by atoms with van der Waals surface area (Å²) in [6, 6.07) is 13.1. The van der Waals surface area contributed by atoms with Crippen LogP contribution in [0.1, 0.15) is 43.7 Å². The number of rotatable bonds is 8. The van der Waals surface area contributed by atoms with Crippen molar-refractivity contribution in [1.82, 2.24) is 5.32 Å². The van der Waals surface area contributed by atoms with E-state index in [2.05, 4.69) is 67.9 Å². The molecule has 0 spiro atoms. The predicted molar refractivity (Wildman–Crippen MR) is 91.0 cm³/mol. The quantitative estimate of drug-likeness (QED) is 0.739. The zero-order chi connectivity index (χ0) is 15.1. The molecule has 2 rings (SSSR count). The van der Waals surface area contributed by atoms with E-state index in [0.717, 1.165) is 25.3 Å². The molecule has 2 aromatic rings. The first kappa shape index (κ1) is 16.1. The van der Waals surface area contributed by atoms with Gasteiger partial charge in [0.25, 0.3) is 0 Å². The van der Waals surface area contributed by atoms with Crippen molar-refractivity contribution in [3.05, 3.63) is 52.2 Å². The van der Waals surface area contributed by atoms with E-state index in [-0.39, 0.29) is 0 Å². The molecule has 0 saturated carbocycles. The van der Waals surface area contributed by atoms with Crippen molar-refractivity contribution in [1.29, 1.82) is 0 Å². The summed E-state index contributed by atoms with van der Waals surface area (Å²) in [5.74, 6) is 1.65. The van der Waals surface area contributed by atoms with Crippen LogP contribution in [0.4, 0.5) is 0 Å². The van der Waals surface area contributed by atoms with Gasteiger partial charge in [-0.2, -0.15) is 0 Å². The highest BCUT2D eigenvalue weighted by atomic mass is 32.1. The van der Waals surface area contributed by atoms with Crippen molar-refractivity contribution < 1.29 is 4.74 Å². The number of thiophene rings is 1. The third-order valence-electron chi connectivity index (χ3n) is 3.47. The Morgan fingerprint density at radius 1 is 1.10 bits per heavy atom. The van der Waals surface area contributed by atoms with Crippen LogP contribution in [0, 0.1) is 5.92 Å². The molecule has 114 valence electrons. The Hall–Kier alpha value is -1.32. The minimum Gasteiger partial charge on any atom is -0.494 e. The lowest BCUT2D eigenvalue weighted by atomic mass is 10.1. The van der Waals surface area contributed by atoms with E-state index in [1.807, 2.05) is 0 Å². The van der Waals surface area contributed by atoms with Crippen molar-refractivity contribution in [2.24, 2.45) is 5.92 Å². The highest BCUT2D eigenvalue weighted by Gasteiger charge is 2.05. The average Bonchev–Trinajstić information content (AvgIpc) is 3.00. The monoisotopic (exact) mass is 303 g/mol. The summed E-state index contributed by atoms with van der Waals surface area (Å²) in [7, 11) is 0. The Labute approximate surface area is 132 Å². The molecular formula is C18H25NOS. The molecule has 0 amide bonds. The van der Waals surface area contributed by atoms with Crippen LogP contribution < -0.4 is 10.1 Å². The van der Waals surface area contributed by atoms with Gasteiger partial charge in [-0.05, 0) is 48.4 Å². The van der Waals surface area contributed by atoms with Crippen LogP contribution in [-0.4, -0.2) is 6.61 Å². The van der Waals surface area contributed by atoms with Gasteiger partial charge in [-0.1, -0.05) is 32.0 Å². The summed E-state index contributed by atoms with van der Waals surface area (Å²) in [4.78, 5) is 1.38. The Bertz CT molecular complexity index is 505. The Morgan fingerprint density at radius 2 is 1.86 bits per heavy atom. The number of ether oxygens (including phenoxy) is 1. The van der Waals surface area contributed by atoms with Crippen LogP contribution in [0.3, 0.4) is 0 Å². The molecule has 0 fully saturated rings. The molecule has 1 aromatic heterocycles. The average molecular weight is 303 g/mol. The van der Waals surface area contributed by atoms with Gasteiger partial charge in [-0.15, -0.1) is 11.3 Å². The Kier molecular flexibility index (Phi) is 6.27. The molecule has 1 heterocycles. The molecular weight excluding hydrogens is 278 g/mol. The summed E-state index contributed by atoms with van der Waals surface area (Å²) in [5.41, 5.74) is 1.29. The lowest BCUT2D eigenvalue weighted by molar-refractivity contribution is 0.289. The standard InChI is InChI=1S/C18H25NOS/c1-14(2)10-11-20-17-8-6-16(7-9-17)13-19-15(3)18-5-4-12-21-18/h4-9,12,14-15,19H,10-11,13H2,1-3H3. The lowest BCUT2D eigenvalue weighted by Crippen LogP contribution is -2.17. The second-order valence-corrected chi connectivity index (χ2v) is 6.77. The van der Waals surface area contributed by atoms with E-state index in [1.165, 1.54) is 10.4 Å². The van der Waals surface area contributed by atoms with Crippen molar-refractivity contribution >= 4 is 11.3 Å². The summed E-state index contributed by atoms with van der Waals surface area (Å²) >= 11 is 1.80. The van der Waals surface area contributed by atoms with Gasteiger partial charge < -0.3 is 10.1 Å². The number of nitrogens with one attached hydrogen (secondary N) is 1. The molecule has 3 heteroatoms. The van der Waals surface area contributed by atoms with E-state index in [1.54, 1.807) is 11.3 Å². The van der Waals surface area contributed by atoms with Crippen molar-refractivity contribution in [3.63, 3.8) is 0 Å². The maximum Gasteiger partial charge on any atom is 0.119 e. The summed E-state index contributed by atoms with van der Waals surface area (Å²) < 4.78 is 5.74. The van der Waals surface area contributed by atoms with Gasteiger partial charge >= 0.3 is 0 Å². The van der Waals surface area contributed by atoms with Gasteiger partial charge in [-0.25, -0.2) is 0 Å². The fraction of sp³-hybridized carbons (Fsp3) is 0.444. The zero-order valence-electron chi connectivity index (χ0n) is 13.1. The Morgan fingerprint density at radius 3 is 2.48 bits per heavy atom. The molecule has 0 aliphatic heterocycles. The van der Waals surface area contributed by atoms with Crippen LogP contribution in [0.25, 0.3) is 0 Å². The van der Waals surface area contributed by atoms with E-state index in [9.17, 15) is 0 Å². The lowest BCUT2D eigenvalue weighted by Gasteiger charge is -2.13. The normalized spacial score (nSPS) is 12.6. The van der Waals surface area contributed by atoms with Gasteiger partial charge in [0.1, 0.15) is 5.75 Å². The third kappa shape index (κ3) is 5.52. The zero-order valence-corrected chi connectivity index (χ0v) is 14.0. The molecule has 0 bridgehead atoms. The predicted octanol–water partition coefficient (Wildman–Crippen LogP) is 5.02. The van der Waals surface area contributed by atoms with Gasteiger partial charge in [0.15, 0.2) is 0 Å². The number of hydrogen-bond acceptors (Lipinski definition) is 3. The molecule has 1 N–H and O–H groups in total. The van der Waals surface area contributed by atoms with Crippen molar-refractivity contribution in [2.75, 3.05) is 6.61 Å². The van der Waals surface area contributed by atoms with Crippen LogP contribution in [0.15, 0.2) is 41.8 Å². The van der Waals surface area contributed by atoms with E-state index in [4.69, 9.17) is 4.74 Å². The van der Waals surface area contributed by atoms with Crippen LogP contribution in [0.2, 0.25) is 0 Å². The minimum absolute atomic E-state index is 0.395. The summed E-state index contributed by atoms with van der Waals surface area (Å²) in [6.45, 7) is 8.31. The molecule has 1 aromatic carbocycles. The first-order valence-electron chi connectivity index (χ1n) is 7.63. The molecule has 1 atom stereocenters. The number of benzene rings is 1. The second kappa shape index (κ2) is 8.20. The van der Waals surface area contributed by atoms with Gasteiger partial charge in [0.05, 0.1) is 6.61 Å². The minimum atomic E-state index is 0.395. The molecule has 0 radical (unpaired) electrons. The topological polar surface area (TPSA) is 21.3 Å². The number of hydrogen-bond donors (Lipinski definition) is 1. The van der Waals surface area contributed by atoms with E-state index < -0.39 is 0 Å². The molecule has 0 aliphatic carbocycles. The fourth-order valence-electron chi connectivity index (χ4n) is 2.03. The van der Waals surface area contributed by atoms with Gasteiger partial charge in [0, 0.05) is 17.5 Å². The van der Waals surface area contributed by atoms with E-state index in [0.29, 0.717) is 12.0 Å². The largest absolute Gasteiger partial charge is 0.494 e. The van der Waals surface area contributed by atoms with Crippen LogP contribution in [-0.2, 0) is 6.54 Å². The van der Waals surface area contributed by atoms with Crippen molar-refractivity contribution in [2.45, 2.75) is 39.8 Å². The van der Waals surface area contributed by atoms with Crippen molar-refractivity contribution in [3.8, 4) is 5.75 Å². The molecule has 21 heavy (non-hydrogen) atoms. The maximum absolute atomic E-state index is 5.74. The summed E-state index contributed by atoms with van der Waals surface area (Å²) in [6.07, 6.45) is 1.10. The smallest absolute Gasteiger partial charge is 0.119 e. The maximum atomic E-state index is 5.74. The molecule has 0 saturated heterocycles. The van der Waals surface area contributed by atoms with Crippen LogP contribution >= 0.6 is 11.3 Å². The highest BCUT2D eigenvalue weighted by Crippen LogP contribution is 2.19. The Balaban J connectivity index is 1.77. The first-order valence-corrected chi connectivity index (χ1v) is 8.51. The SMILES string of the molecule is CC(C)CCOc1ccc(CNC(C)c2cccs2)cc1. The van der Waals surface area contributed by atoms with Gasteiger partial charge in [-0.3, -0.25) is 0 Å². The molecule has 2 nitrogen and oxygen atoms in total. The second-order valence-electron chi connectivity index (χ2n) is 5.79. The van der Waals surface area contributed by atoms with E-state index >= 15 is 0 Å². The molecule has 0 aliphatic rings. The van der Waals surface area contributed by atoms with Crippen LogP contribution in [0.5, 0.6) is 5.75 Å². The molecule has 1 unspecified atom stereocenters. The third-order valence-corrected chi connectivity index (χ3v) is 4.52. The fourth-order valence-corrected chi connectivity index (χ4v) is 2.78. The summed E-state index contributed by atoms with van der Waals surface area (Å²) in [5, 5.41) is 5.67. The van der Waals surface area contributed by atoms with Gasteiger partial charge in [0.2, 0.25) is 0 Å². The highest BCUT2D eigenvalue weighted by molar-refractivity contribution is 7.10.